The van der Waals surface area contributed by atoms with Gasteiger partial charge in [-0.05, 0) is 43.9 Å². The lowest BCUT2D eigenvalue weighted by molar-refractivity contribution is -0.123. The lowest BCUT2D eigenvalue weighted by Gasteiger charge is -2.15. The second-order valence-electron chi connectivity index (χ2n) is 5.82. The van der Waals surface area contributed by atoms with E-state index in [2.05, 4.69) is 12.2 Å². The van der Waals surface area contributed by atoms with E-state index >= 15 is 0 Å². The van der Waals surface area contributed by atoms with Gasteiger partial charge in [0.2, 0.25) is 5.91 Å². The van der Waals surface area contributed by atoms with E-state index in [1.807, 2.05) is 38.1 Å². The summed E-state index contributed by atoms with van der Waals surface area (Å²) in [5, 5.41) is 12.9. The first-order valence-electron chi connectivity index (χ1n) is 7.19. The highest BCUT2D eigenvalue weighted by Crippen LogP contribution is 2.37. The van der Waals surface area contributed by atoms with Crippen molar-refractivity contribution in [2.45, 2.75) is 39.4 Å². The Morgan fingerprint density at radius 1 is 1.50 bits per heavy atom. The highest BCUT2D eigenvalue weighted by atomic mass is 16.5. The second kappa shape index (κ2) is 6.27. The summed E-state index contributed by atoms with van der Waals surface area (Å²) in [6, 6.07) is 7.36. The number of hydrogen-bond donors (Lipinski definition) is 2. The number of carbonyl (C=O) groups is 1. The van der Waals surface area contributed by atoms with Crippen molar-refractivity contribution in [1.29, 1.82) is 0 Å². The van der Waals surface area contributed by atoms with Crippen molar-refractivity contribution in [3.63, 3.8) is 0 Å². The molecule has 0 aliphatic heterocycles. The van der Waals surface area contributed by atoms with Crippen molar-refractivity contribution in [2.24, 2.45) is 11.8 Å². The van der Waals surface area contributed by atoms with Crippen molar-refractivity contribution in [3.8, 4) is 5.75 Å². The fourth-order valence-corrected chi connectivity index (χ4v) is 2.20. The van der Waals surface area contributed by atoms with Gasteiger partial charge in [0, 0.05) is 12.5 Å². The average molecular weight is 277 g/mol. The summed E-state index contributed by atoms with van der Waals surface area (Å²) >= 11 is 0. The highest BCUT2D eigenvalue weighted by molar-refractivity contribution is 5.81. The van der Waals surface area contributed by atoms with Crippen molar-refractivity contribution >= 4 is 5.91 Å². The van der Waals surface area contributed by atoms with Crippen molar-refractivity contribution in [1.82, 2.24) is 5.32 Å². The van der Waals surface area contributed by atoms with Gasteiger partial charge in [-0.1, -0.05) is 19.1 Å². The molecule has 2 rings (SSSR count). The number of hydrogen-bond acceptors (Lipinski definition) is 3. The van der Waals surface area contributed by atoms with Gasteiger partial charge in [0.15, 0.2) is 0 Å². The summed E-state index contributed by atoms with van der Waals surface area (Å²) in [6.45, 7) is 6.22. The van der Waals surface area contributed by atoms with E-state index < -0.39 is 6.10 Å². The van der Waals surface area contributed by atoms with Gasteiger partial charge >= 0.3 is 0 Å². The lowest BCUT2D eigenvalue weighted by Crippen LogP contribution is -2.30. The first kappa shape index (κ1) is 14.9. The summed E-state index contributed by atoms with van der Waals surface area (Å²) in [5.74, 6) is 1.40. The van der Waals surface area contributed by atoms with Gasteiger partial charge in [0.25, 0.3) is 0 Å². The van der Waals surface area contributed by atoms with Crippen molar-refractivity contribution in [3.05, 3.63) is 29.8 Å². The molecule has 1 aromatic rings. The molecule has 0 radical (unpaired) electrons. The van der Waals surface area contributed by atoms with Crippen LogP contribution in [-0.2, 0) is 4.79 Å². The van der Waals surface area contributed by atoms with Crippen LogP contribution in [0.2, 0.25) is 0 Å². The summed E-state index contributed by atoms with van der Waals surface area (Å²) in [7, 11) is 0. The lowest BCUT2D eigenvalue weighted by atomic mass is 10.1. The Morgan fingerprint density at radius 3 is 2.80 bits per heavy atom. The smallest absolute Gasteiger partial charge is 0.223 e. The third-order valence-electron chi connectivity index (χ3n) is 3.53. The van der Waals surface area contributed by atoms with Crippen LogP contribution in [0.3, 0.4) is 0 Å². The predicted octanol–water partition coefficient (Wildman–Crippen LogP) is 2.28. The minimum atomic E-state index is -0.705. The predicted molar refractivity (Wildman–Crippen MR) is 77.4 cm³/mol. The van der Waals surface area contributed by atoms with Gasteiger partial charge in [-0.2, -0.15) is 0 Å². The molecule has 1 aromatic carbocycles. The number of aliphatic hydroxyl groups excluding tert-OH is 1. The SMILES string of the molecule is CC(C)Oc1cccc(C(O)CNC(=O)C2CC2C)c1. The number of nitrogens with one attached hydrogen (secondary N) is 1. The summed E-state index contributed by atoms with van der Waals surface area (Å²) < 4.78 is 5.59. The molecule has 4 heteroatoms. The Kier molecular flexibility index (Phi) is 4.65. The van der Waals surface area contributed by atoms with Gasteiger partial charge in [0.1, 0.15) is 5.75 Å². The van der Waals surface area contributed by atoms with Crippen LogP contribution in [0.1, 0.15) is 38.9 Å². The molecule has 110 valence electrons. The third-order valence-corrected chi connectivity index (χ3v) is 3.53. The molecular formula is C16H23NO3. The van der Waals surface area contributed by atoms with Gasteiger partial charge in [-0.15, -0.1) is 0 Å². The molecule has 1 fully saturated rings. The van der Waals surface area contributed by atoms with Crippen LogP contribution < -0.4 is 10.1 Å². The molecule has 1 amide bonds. The van der Waals surface area contributed by atoms with E-state index in [1.165, 1.54) is 0 Å². The molecule has 20 heavy (non-hydrogen) atoms. The molecule has 1 saturated carbocycles. The van der Waals surface area contributed by atoms with E-state index in [0.717, 1.165) is 17.7 Å². The number of carbonyl (C=O) groups excluding carboxylic acids is 1. The standard InChI is InChI=1S/C16H23NO3/c1-10(2)20-13-6-4-5-12(8-13)15(18)9-17-16(19)14-7-11(14)3/h4-6,8,10-11,14-15,18H,7,9H2,1-3H3,(H,17,19). The van der Waals surface area contributed by atoms with Gasteiger partial charge in [-0.3, -0.25) is 4.79 Å². The first-order chi connectivity index (χ1) is 9.47. The zero-order valence-corrected chi connectivity index (χ0v) is 12.3. The first-order valence-corrected chi connectivity index (χ1v) is 7.19. The maximum Gasteiger partial charge on any atom is 0.223 e. The van der Waals surface area contributed by atoms with E-state index in [9.17, 15) is 9.90 Å². The van der Waals surface area contributed by atoms with E-state index in [4.69, 9.17) is 4.74 Å². The Balaban J connectivity index is 1.88. The molecule has 0 spiro atoms. The maximum atomic E-state index is 11.7. The zero-order chi connectivity index (χ0) is 14.7. The molecule has 3 atom stereocenters. The average Bonchev–Trinajstić information content (AvgIpc) is 3.12. The molecule has 1 aliphatic carbocycles. The van der Waals surface area contributed by atoms with Crippen molar-refractivity contribution < 1.29 is 14.6 Å². The molecule has 0 aromatic heterocycles. The Hall–Kier alpha value is -1.55. The normalized spacial score (nSPS) is 22.4. The molecule has 0 heterocycles. The van der Waals surface area contributed by atoms with E-state index in [0.29, 0.717) is 5.92 Å². The zero-order valence-electron chi connectivity index (χ0n) is 12.3. The fourth-order valence-electron chi connectivity index (χ4n) is 2.20. The minimum absolute atomic E-state index is 0.0473. The van der Waals surface area contributed by atoms with Crippen LogP contribution in [0.5, 0.6) is 5.75 Å². The van der Waals surface area contributed by atoms with Crippen LogP contribution in [0.15, 0.2) is 24.3 Å². The van der Waals surface area contributed by atoms with Gasteiger partial charge < -0.3 is 15.2 Å². The van der Waals surface area contributed by atoms with Crippen LogP contribution in [0, 0.1) is 11.8 Å². The Labute approximate surface area is 120 Å². The van der Waals surface area contributed by atoms with Crippen LogP contribution in [0.25, 0.3) is 0 Å². The molecule has 0 bridgehead atoms. The van der Waals surface area contributed by atoms with Crippen molar-refractivity contribution in [2.75, 3.05) is 6.54 Å². The summed E-state index contributed by atoms with van der Waals surface area (Å²) in [5.41, 5.74) is 0.757. The van der Waals surface area contributed by atoms with Gasteiger partial charge in [-0.25, -0.2) is 0 Å². The maximum absolute atomic E-state index is 11.7. The highest BCUT2D eigenvalue weighted by Gasteiger charge is 2.38. The molecule has 2 N–H and O–H groups in total. The monoisotopic (exact) mass is 277 g/mol. The van der Waals surface area contributed by atoms with Crippen LogP contribution >= 0.6 is 0 Å². The van der Waals surface area contributed by atoms with Gasteiger partial charge in [0.05, 0.1) is 12.2 Å². The number of benzene rings is 1. The number of aliphatic hydroxyl groups is 1. The summed E-state index contributed by atoms with van der Waals surface area (Å²) in [4.78, 5) is 11.7. The van der Waals surface area contributed by atoms with Crippen LogP contribution in [-0.4, -0.2) is 23.7 Å². The molecule has 1 aliphatic rings. The molecule has 3 unspecified atom stereocenters. The number of rotatable bonds is 6. The Morgan fingerprint density at radius 2 is 2.20 bits per heavy atom. The minimum Gasteiger partial charge on any atom is -0.491 e. The van der Waals surface area contributed by atoms with Crippen LogP contribution in [0.4, 0.5) is 0 Å². The number of amides is 1. The van der Waals surface area contributed by atoms with E-state index in [-0.39, 0.29) is 24.5 Å². The topological polar surface area (TPSA) is 58.6 Å². The second-order valence-corrected chi connectivity index (χ2v) is 5.82. The fraction of sp³-hybridized carbons (Fsp3) is 0.562. The summed E-state index contributed by atoms with van der Waals surface area (Å²) in [6.07, 6.45) is 0.349. The molecular weight excluding hydrogens is 254 g/mol. The largest absolute Gasteiger partial charge is 0.491 e. The molecule has 4 nitrogen and oxygen atoms in total. The quantitative estimate of drug-likeness (QED) is 0.838. The van der Waals surface area contributed by atoms with E-state index in [1.54, 1.807) is 0 Å². The number of ether oxygens (including phenoxy) is 1. The third kappa shape index (κ3) is 3.97. The molecule has 0 saturated heterocycles. The Bertz CT molecular complexity index is 473.